The molecule has 0 bridgehead atoms. The number of nitrogens with zero attached hydrogens (tertiary/aromatic N) is 1. The molecule has 1 aromatic rings. The first-order chi connectivity index (χ1) is 9.33. The van der Waals surface area contributed by atoms with E-state index >= 15 is 0 Å². The summed E-state index contributed by atoms with van der Waals surface area (Å²) in [5, 5.41) is 0. The van der Waals surface area contributed by atoms with Crippen molar-refractivity contribution in [2.45, 2.75) is 39.2 Å². The molecule has 1 aromatic carbocycles. The highest BCUT2D eigenvalue weighted by molar-refractivity contribution is 5.68. The number of nitrogens with two attached hydrogens (primary N) is 1. The molecule has 1 amide bonds. The maximum atomic E-state index is 12.0. The van der Waals surface area contributed by atoms with E-state index in [0.717, 1.165) is 31.6 Å². The molecule has 4 heteroatoms. The number of benzene rings is 1. The molecule has 1 fully saturated rings. The van der Waals surface area contributed by atoms with Crippen molar-refractivity contribution in [3.05, 3.63) is 29.8 Å². The van der Waals surface area contributed by atoms with Crippen LogP contribution in [0.1, 0.15) is 32.8 Å². The van der Waals surface area contributed by atoms with E-state index in [0.29, 0.717) is 5.92 Å². The molecule has 0 aromatic heterocycles. The summed E-state index contributed by atoms with van der Waals surface area (Å²) in [5.74, 6) is 0.506. The Hall–Kier alpha value is -1.71. The topological polar surface area (TPSA) is 55.6 Å². The van der Waals surface area contributed by atoms with Crippen molar-refractivity contribution in [1.82, 2.24) is 4.90 Å². The number of hydrogen-bond donors (Lipinski definition) is 1. The standard InChI is InChI=1S/C16H24N2O2/c1-16(2,3)20-15(19)18-9-8-13(11-18)10-12-4-6-14(17)7-5-12/h4-7,13H,8-11,17H2,1-3H3. The lowest BCUT2D eigenvalue weighted by Crippen LogP contribution is -2.35. The molecule has 0 radical (unpaired) electrons. The molecule has 2 rings (SSSR count). The average Bonchev–Trinajstić information content (AvgIpc) is 2.79. The quantitative estimate of drug-likeness (QED) is 0.845. The van der Waals surface area contributed by atoms with E-state index in [-0.39, 0.29) is 6.09 Å². The van der Waals surface area contributed by atoms with Crippen molar-refractivity contribution in [2.75, 3.05) is 18.8 Å². The fourth-order valence-corrected chi connectivity index (χ4v) is 2.48. The van der Waals surface area contributed by atoms with Crippen LogP contribution in [0.5, 0.6) is 0 Å². The minimum absolute atomic E-state index is 0.197. The molecule has 1 saturated heterocycles. The van der Waals surface area contributed by atoms with Crippen molar-refractivity contribution < 1.29 is 9.53 Å². The van der Waals surface area contributed by atoms with Crippen LogP contribution in [0.2, 0.25) is 0 Å². The summed E-state index contributed by atoms with van der Waals surface area (Å²) in [6.45, 7) is 7.25. The molecular weight excluding hydrogens is 252 g/mol. The lowest BCUT2D eigenvalue weighted by Gasteiger charge is -2.24. The van der Waals surface area contributed by atoms with Gasteiger partial charge < -0.3 is 15.4 Å². The van der Waals surface area contributed by atoms with E-state index in [9.17, 15) is 4.79 Å². The van der Waals surface area contributed by atoms with Crippen LogP contribution in [-0.2, 0) is 11.2 Å². The summed E-state index contributed by atoms with van der Waals surface area (Å²) in [6, 6.07) is 7.97. The highest BCUT2D eigenvalue weighted by atomic mass is 16.6. The molecular formula is C16H24N2O2. The summed E-state index contributed by atoms with van der Waals surface area (Å²) >= 11 is 0. The molecule has 4 nitrogen and oxygen atoms in total. The van der Waals surface area contributed by atoms with Crippen LogP contribution in [0.3, 0.4) is 0 Å². The Balaban J connectivity index is 1.86. The molecule has 1 heterocycles. The van der Waals surface area contributed by atoms with Gasteiger partial charge in [0, 0.05) is 18.8 Å². The summed E-state index contributed by atoms with van der Waals surface area (Å²) in [7, 11) is 0. The fraction of sp³-hybridized carbons (Fsp3) is 0.562. The number of carbonyl (C=O) groups excluding carboxylic acids is 1. The number of carbonyl (C=O) groups is 1. The van der Waals surface area contributed by atoms with E-state index < -0.39 is 5.60 Å². The van der Waals surface area contributed by atoms with Gasteiger partial charge in [-0.2, -0.15) is 0 Å². The van der Waals surface area contributed by atoms with Gasteiger partial charge in [0.25, 0.3) is 0 Å². The minimum atomic E-state index is -0.424. The molecule has 1 aliphatic heterocycles. The molecule has 2 N–H and O–H groups in total. The van der Waals surface area contributed by atoms with Crippen LogP contribution < -0.4 is 5.73 Å². The van der Waals surface area contributed by atoms with E-state index in [1.807, 2.05) is 37.8 Å². The predicted molar refractivity (Wildman–Crippen MR) is 80.5 cm³/mol. The molecule has 0 spiro atoms. The van der Waals surface area contributed by atoms with Gasteiger partial charge in [0.2, 0.25) is 0 Å². The third-order valence-electron chi connectivity index (χ3n) is 3.44. The van der Waals surface area contributed by atoms with Crippen molar-refractivity contribution in [3.8, 4) is 0 Å². The number of likely N-dealkylation sites (tertiary alicyclic amines) is 1. The molecule has 0 saturated carbocycles. The van der Waals surface area contributed by atoms with Crippen molar-refractivity contribution in [2.24, 2.45) is 5.92 Å². The van der Waals surface area contributed by atoms with Gasteiger partial charge in [0.05, 0.1) is 0 Å². The highest BCUT2D eigenvalue weighted by Crippen LogP contribution is 2.23. The van der Waals surface area contributed by atoms with Crippen LogP contribution in [0.15, 0.2) is 24.3 Å². The van der Waals surface area contributed by atoms with E-state index in [4.69, 9.17) is 10.5 Å². The predicted octanol–water partition coefficient (Wildman–Crippen LogP) is 3.07. The van der Waals surface area contributed by atoms with Gasteiger partial charge in [-0.1, -0.05) is 12.1 Å². The third-order valence-corrected chi connectivity index (χ3v) is 3.44. The third kappa shape index (κ3) is 4.15. The first-order valence-electron chi connectivity index (χ1n) is 7.16. The highest BCUT2D eigenvalue weighted by Gasteiger charge is 2.29. The molecule has 1 unspecified atom stereocenters. The Kier molecular flexibility index (Phi) is 4.21. The number of amides is 1. The summed E-state index contributed by atoms with van der Waals surface area (Å²) in [6.07, 6.45) is 1.82. The summed E-state index contributed by atoms with van der Waals surface area (Å²) in [5.41, 5.74) is 7.32. The first kappa shape index (κ1) is 14.7. The van der Waals surface area contributed by atoms with Gasteiger partial charge in [-0.15, -0.1) is 0 Å². The average molecular weight is 276 g/mol. The Bertz CT molecular complexity index is 462. The second-order valence-electron chi connectivity index (χ2n) is 6.53. The van der Waals surface area contributed by atoms with Gasteiger partial charge >= 0.3 is 6.09 Å². The zero-order chi connectivity index (χ0) is 14.8. The minimum Gasteiger partial charge on any atom is -0.444 e. The number of hydrogen-bond acceptors (Lipinski definition) is 3. The normalized spacial score (nSPS) is 19.1. The lowest BCUT2D eigenvalue weighted by atomic mass is 9.99. The van der Waals surface area contributed by atoms with Crippen LogP contribution >= 0.6 is 0 Å². The van der Waals surface area contributed by atoms with E-state index in [2.05, 4.69) is 12.1 Å². The second kappa shape index (κ2) is 5.73. The molecule has 110 valence electrons. The van der Waals surface area contributed by atoms with Gasteiger partial charge in [-0.3, -0.25) is 0 Å². The zero-order valence-corrected chi connectivity index (χ0v) is 12.6. The maximum Gasteiger partial charge on any atom is 0.410 e. The molecule has 0 aliphatic carbocycles. The number of rotatable bonds is 2. The van der Waals surface area contributed by atoms with Gasteiger partial charge in [-0.25, -0.2) is 4.79 Å². The van der Waals surface area contributed by atoms with Gasteiger partial charge in [0.1, 0.15) is 5.60 Å². The number of anilines is 1. The van der Waals surface area contributed by atoms with Gasteiger partial charge in [0.15, 0.2) is 0 Å². The second-order valence-corrected chi connectivity index (χ2v) is 6.53. The van der Waals surface area contributed by atoms with Crippen molar-refractivity contribution >= 4 is 11.8 Å². The molecule has 1 aliphatic rings. The van der Waals surface area contributed by atoms with Crippen molar-refractivity contribution in [3.63, 3.8) is 0 Å². The van der Waals surface area contributed by atoms with Crippen LogP contribution in [0, 0.1) is 5.92 Å². The smallest absolute Gasteiger partial charge is 0.410 e. The summed E-state index contributed by atoms with van der Waals surface area (Å²) < 4.78 is 5.41. The zero-order valence-electron chi connectivity index (χ0n) is 12.6. The Morgan fingerprint density at radius 3 is 2.60 bits per heavy atom. The van der Waals surface area contributed by atoms with Crippen LogP contribution in [0.4, 0.5) is 10.5 Å². The lowest BCUT2D eigenvalue weighted by molar-refractivity contribution is 0.0288. The summed E-state index contributed by atoms with van der Waals surface area (Å²) in [4.78, 5) is 13.8. The molecule has 1 atom stereocenters. The Labute approximate surface area is 120 Å². The van der Waals surface area contributed by atoms with E-state index in [1.54, 1.807) is 0 Å². The maximum absolute atomic E-state index is 12.0. The van der Waals surface area contributed by atoms with Crippen LogP contribution in [0.25, 0.3) is 0 Å². The van der Waals surface area contributed by atoms with Gasteiger partial charge in [-0.05, 0) is 57.2 Å². The van der Waals surface area contributed by atoms with Crippen molar-refractivity contribution in [1.29, 1.82) is 0 Å². The molecule has 20 heavy (non-hydrogen) atoms. The SMILES string of the molecule is CC(C)(C)OC(=O)N1CCC(Cc2ccc(N)cc2)C1. The largest absolute Gasteiger partial charge is 0.444 e. The number of nitrogen functional groups attached to an aromatic ring is 1. The fourth-order valence-electron chi connectivity index (χ4n) is 2.48. The van der Waals surface area contributed by atoms with E-state index in [1.165, 1.54) is 5.56 Å². The Morgan fingerprint density at radius 1 is 1.35 bits per heavy atom. The first-order valence-corrected chi connectivity index (χ1v) is 7.16. The Morgan fingerprint density at radius 2 is 2.00 bits per heavy atom. The number of ether oxygens (including phenoxy) is 1. The monoisotopic (exact) mass is 276 g/mol. The van der Waals surface area contributed by atoms with Crippen LogP contribution in [-0.4, -0.2) is 29.7 Å².